The molecular weight excluding hydrogens is 268 g/mol. The quantitative estimate of drug-likeness (QED) is 0.848. The van der Waals surface area contributed by atoms with Crippen LogP contribution in [0, 0.1) is 0 Å². The predicted octanol–water partition coefficient (Wildman–Crippen LogP) is 0.796. The Kier molecular flexibility index (Phi) is 3.84. The van der Waals surface area contributed by atoms with Gasteiger partial charge in [-0.05, 0) is 18.6 Å². The van der Waals surface area contributed by atoms with Crippen LogP contribution in [0.4, 0.5) is 0 Å². The van der Waals surface area contributed by atoms with Crippen molar-refractivity contribution in [2.75, 3.05) is 12.0 Å². The first-order valence-electron chi connectivity index (χ1n) is 5.75. The van der Waals surface area contributed by atoms with E-state index in [1.54, 1.807) is 18.4 Å². The van der Waals surface area contributed by atoms with Gasteiger partial charge < -0.3 is 10.1 Å². The van der Waals surface area contributed by atoms with Gasteiger partial charge in [0.25, 0.3) is 0 Å². The number of H-pyrrole nitrogens is 1. The second-order valence-corrected chi connectivity index (χ2v) is 5.77. The molecular formula is C12H14N2O4S. The molecule has 0 spiro atoms. The lowest BCUT2D eigenvalue weighted by molar-refractivity contribution is 0.0698. The number of hydrogen-bond donors (Lipinski definition) is 2. The normalized spacial score (nSPS) is 12.7. The lowest BCUT2D eigenvalue weighted by Crippen LogP contribution is -2.18. The van der Waals surface area contributed by atoms with Gasteiger partial charge in [0.05, 0.1) is 16.6 Å². The third kappa shape index (κ3) is 2.76. The summed E-state index contributed by atoms with van der Waals surface area (Å²) >= 11 is 0. The number of nitrogens with one attached hydrogen (secondary N) is 1. The van der Waals surface area contributed by atoms with Crippen molar-refractivity contribution in [2.45, 2.75) is 13.0 Å². The van der Waals surface area contributed by atoms with Crippen LogP contribution < -0.4 is 5.69 Å². The van der Waals surface area contributed by atoms with Crippen LogP contribution in [0.15, 0.2) is 23.0 Å². The highest BCUT2D eigenvalue weighted by atomic mass is 32.2. The Morgan fingerprint density at radius 2 is 2.21 bits per heavy atom. The molecule has 0 aliphatic rings. The number of aryl methyl sites for hydroxylation is 1. The largest absolute Gasteiger partial charge is 0.478 e. The van der Waals surface area contributed by atoms with E-state index in [4.69, 9.17) is 5.11 Å². The van der Waals surface area contributed by atoms with Crippen molar-refractivity contribution < 1.29 is 14.1 Å². The van der Waals surface area contributed by atoms with Crippen molar-refractivity contribution in [2.24, 2.45) is 0 Å². The number of aromatic carboxylic acids is 1. The minimum atomic E-state index is -1.07. The van der Waals surface area contributed by atoms with Gasteiger partial charge in [0.15, 0.2) is 0 Å². The molecule has 1 heterocycles. The Bertz CT molecular complexity index is 701. The molecule has 1 aromatic carbocycles. The molecule has 0 saturated carbocycles. The summed E-state index contributed by atoms with van der Waals surface area (Å²) in [6.45, 7) is 0.350. The first-order valence-corrected chi connectivity index (χ1v) is 7.48. The van der Waals surface area contributed by atoms with Crippen LogP contribution in [0.2, 0.25) is 0 Å². The smallest absolute Gasteiger partial charge is 0.337 e. The summed E-state index contributed by atoms with van der Waals surface area (Å²) in [5.41, 5.74) is 0.642. The summed E-state index contributed by atoms with van der Waals surface area (Å²) < 4.78 is 12.4. The van der Waals surface area contributed by atoms with Gasteiger partial charge in [-0.1, -0.05) is 6.07 Å². The Balaban J connectivity index is 2.47. The number of carboxylic acid groups (broad SMARTS) is 1. The van der Waals surface area contributed by atoms with Gasteiger partial charge in [-0.15, -0.1) is 0 Å². The zero-order valence-electron chi connectivity index (χ0n) is 10.4. The number of fused-ring (bicyclic) bond motifs is 1. The van der Waals surface area contributed by atoms with E-state index in [9.17, 15) is 13.8 Å². The fourth-order valence-corrected chi connectivity index (χ4v) is 2.57. The van der Waals surface area contributed by atoms with Crippen LogP contribution in [-0.4, -0.2) is 36.8 Å². The van der Waals surface area contributed by atoms with Gasteiger partial charge in [0.2, 0.25) is 0 Å². The van der Waals surface area contributed by atoms with E-state index < -0.39 is 16.8 Å². The van der Waals surface area contributed by atoms with Crippen molar-refractivity contribution >= 4 is 27.8 Å². The van der Waals surface area contributed by atoms with Gasteiger partial charge in [0.1, 0.15) is 0 Å². The van der Waals surface area contributed by atoms with Crippen LogP contribution in [0.3, 0.4) is 0 Å². The number of carbonyl (C=O) groups is 1. The molecule has 19 heavy (non-hydrogen) atoms. The number of para-hydroxylation sites is 1. The van der Waals surface area contributed by atoms with Crippen molar-refractivity contribution in [3.05, 3.63) is 34.2 Å². The third-order valence-electron chi connectivity index (χ3n) is 2.84. The highest BCUT2D eigenvalue weighted by molar-refractivity contribution is 7.84. The number of benzene rings is 1. The Hall–Kier alpha value is -1.89. The summed E-state index contributed by atoms with van der Waals surface area (Å²) in [4.78, 5) is 25.6. The summed E-state index contributed by atoms with van der Waals surface area (Å²) in [6.07, 6.45) is 2.16. The lowest BCUT2D eigenvalue weighted by atomic mass is 10.2. The summed E-state index contributed by atoms with van der Waals surface area (Å²) in [5.74, 6) is -0.591. The van der Waals surface area contributed by atoms with Crippen LogP contribution >= 0.6 is 0 Å². The number of aromatic nitrogens is 2. The van der Waals surface area contributed by atoms with E-state index in [0.29, 0.717) is 29.8 Å². The standard InChI is InChI=1S/C12H14N2O4S/c1-19(18)7-3-6-14-10-8(11(15)16)4-2-5-9(10)13-12(14)17/h2,4-5H,3,6-7H2,1H3,(H,13,17)(H,15,16). The SMILES string of the molecule is CS(=O)CCCn1c(=O)[nH]c2cccc(C(=O)O)c21. The van der Waals surface area contributed by atoms with Crippen molar-refractivity contribution in [1.82, 2.24) is 9.55 Å². The van der Waals surface area contributed by atoms with E-state index in [-0.39, 0.29) is 11.3 Å². The van der Waals surface area contributed by atoms with Crippen LogP contribution in [-0.2, 0) is 17.3 Å². The van der Waals surface area contributed by atoms with Gasteiger partial charge >= 0.3 is 11.7 Å². The van der Waals surface area contributed by atoms with E-state index in [0.717, 1.165) is 0 Å². The fourth-order valence-electron chi connectivity index (χ4n) is 2.03. The average molecular weight is 282 g/mol. The van der Waals surface area contributed by atoms with Gasteiger partial charge in [-0.3, -0.25) is 8.78 Å². The maximum atomic E-state index is 11.8. The molecule has 2 N–H and O–H groups in total. The van der Waals surface area contributed by atoms with Crippen LogP contribution in [0.5, 0.6) is 0 Å². The second-order valence-electron chi connectivity index (χ2n) is 4.22. The zero-order chi connectivity index (χ0) is 14.0. The fraction of sp³-hybridized carbons (Fsp3) is 0.333. The molecule has 6 nitrogen and oxygen atoms in total. The molecule has 2 aromatic rings. The predicted molar refractivity (Wildman–Crippen MR) is 73.1 cm³/mol. The van der Waals surface area contributed by atoms with Gasteiger partial charge in [0, 0.05) is 29.4 Å². The minimum absolute atomic E-state index is 0.0912. The van der Waals surface area contributed by atoms with E-state index in [1.807, 2.05) is 0 Å². The van der Waals surface area contributed by atoms with Crippen LogP contribution in [0.1, 0.15) is 16.8 Å². The molecule has 0 aliphatic heterocycles. The summed E-state index contributed by atoms with van der Waals surface area (Å²) in [7, 11) is -0.923. The molecule has 7 heteroatoms. The summed E-state index contributed by atoms with van der Waals surface area (Å²) in [6, 6.07) is 4.72. The highest BCUT2D eigenvalue weighted by Gasteiger charge is 2.15. The highest BCUT2D eigenvalue weighted by Crippen LogP contribution is 2.16. The number of aromatic amines is 1. The number of nitrogens with zero attached hydrogens (tertiary/aromatic N) is 1. The molecule has 1 aromatic heterocycles. The van der Waals surface area contributed by atoms with E-state index in [1.165, 1.54) is 10.6 Å². The Labute approximate surface area is 111 Å². The molecule has 0 amide bonds. The lowest BCUT2D eigenvalue weighted by Gasteiger charge is -2.04. The molecule has 0 fully saturated rings. The van der Waals surface area contributed by atoms with Crippen molar-refractivity contribution in [1.29, 1.82) is 0 Å². The molecule has 0 aliphatic carbocycles. The molecule has 1 atom stereocenters. The number of rotatable bonds is 5. The molecule has 0 bridgehead atoms. The molecule has 102 valence electrons. The summed E-state index contributed by atoms with van der Waals surface area (Å²) in [5, 5.41) is 9.15. The molecule has 2 rings (SSSR count). The van der Waals surface area contributed by atoms with Gasteiger partial charge in [-0.2, -0.15) is 0 Å². The molecule has 0 radical (unpaired) electrons. The topological polar surface area (TPSA) is 92.2 Å². The van der Waals surface area contributed by atoms with Gasteiger partial charge in [-0.25, -0.2) is 9.59 Å². The monoisotopic (exact) mass is 282 g/mol. The zero-order valence-corrected chi connectivity index (χ0v) is 11.2. The average Bonchev–Trinajstić information content (AvgIpc) is 2.65. The van der Waals surface area contributed by atoms with E-state index in [2.05, 4.69) is 4.98 Å². The minimum Gasteiger partial charge on any atom is -0.478 e. The first kappa shape index (κ1) is 13.5. The number of imidazole rings is 1. The number of hydrogen-bond acceptors (Lipinski definition) is 3. The maximum absolute atomic E-state index is 11.8. The number of carboxylic acids is 1. The Morgan fingerprint density at radius 1 is 1.47 bits per heavy atom. The van der Waals surface area contributed by atoms with Crippen molar-refractivity contribution in [3.63, 3.8) is 0 Å². The molecule has 1 unspecified atom stereocenters. The maximum Gasteiger partial charge on any atom is 0.337 e. The third-order valence-corrected chi connectivity index (χ3v) is 3.70. The van der Waals surface area contributed by atoms with Crippen LogP contribution in [0.25, 0.3) is 11.0 Å². The first-order chi connectivity index (χ1) is 9.00. The second kappa shape index (κ2) is 5.40. The molecule has 0 saturated heterocycles. The van der Waals surface area contributed by atoms with E-state index >= 15 is 0 Å². The Morgan fingerprint density at radius 3 is 2.84 bits per heavy atom. The van der Waals surface area contributed by atoms with Crippen molar-refractivity contribution in [3.8, 4) is 0 Å².